The van der Waals surface area contributed by atoms with Crippen molar-refractivity contribution < 1.29 is 4.74 Å². The summed E-state index contributed by atoms with van der Waals surface area (Å²) in [6.45, 7) is 3.36. The van der Waals surface area contributed by atoms with Gasteiger partial charge >= 0.3 is 0 Å². The van der Waals surface area contributed by atoms with Gasteiger partial charge in [-0.25, -0.2) is 4.98 Å². The lowest BCUT2D eigenvalue weighted by atomic mass is 10.3. The van der Waals surface area contributed by atoms with E-state index in [4.69, 9.17) is 16.3 Å². The molecule has 2 rings (SSSR count). The van der Waals surface area contributed by atoms with E-state index in [1.54, 1.807) is 6.20 Å². The molecule has 0 saturated heterocycles. The molecule has 1 aromatic heterocycles. The normalized spacial score (nSPS) is 10.1. The molecule has 0 aliphatic heterocycles. The summed E-state index contributed by atoms with van der Waals surface area (Å²) in [6, 6.07) is 11.4. The minimum Gasteiger partial charge on any atom is -0.487 e. The molecule has 18 heavy (non-hydrogen) atoms. The highest BCUT2D eigenvalue weighted by Gasteiger charge is 2.01. The average molecular weight is 263 g/mol. The molecule has 94 valence electrons. The van der Waals surface area contributed by atoms with Crippen molar-refractivity contribution in [3.05, 3.63) is 53.2 Å². The number of benzene rings is 1. The Morgan fingerprint density at radius 3 is 2.72 bits per heavy atom. The molecule has 2 aromatic rings. The highest BCUT2D eigenvalue weighted by Crippen LogP contribution is 2.24. The van der Waals surface area contributed by atoms with Gasteiger partial charge in [-0.1, -0.05) is 29.8 Å². The number of hydrogen-bond acceptors (Lipinski definition) is 3. The Morgan fingerprint density at radius 1 is 1.22 bits per heavy atom. The van der Waals surface area contributed by atoms with Gasteiger partial charge < -0.3 is 10.1 Å². The van der Waals surface area contributed by atoms with E-state index in [1.165, 1.54) is 0 Å². The molecule has 0 saturated carbocycles. The number of anilines is 1. The summed E-state index contributed by atoms with van der Waals surface area (Å²) in [6.07, 6.45) is 1.80. The molecule has 0 radical (unpaired) electrons. The van der Waals surface area contributed by atoms with Crippen molar-refractivity contribution in [1.29, 1.82) is 0 Å². The molecule has 0 amide bonds. The first-order valence-corrected chi connectivity index (χ1v) is 6.23. The zero-order valence-electron chi connectivity index (χ0n) is 10.2. The number of aromatic nitrogens is 1. The maximum Gasteiger partial charge on any atom is 0.138 e. The smallest absolute Gasteiger partial charge is 0.138 e. The fourth-order valence-electron chi connectivity index (χ4n) is 1.52. The third-order valence-electron chi connectivity index (χ3n) is 2.41. The van der Waals surface area contributed by atoms with Crippen LogP contribution in [-0.4, -0.2) is 11.5 Å². The molecule has 1 N–H and O–H groups in total. The summed E-state index contributed by atoms with van der Waals surface area (Å²) < 4.78 is 5.63. The van der Waals surface area contributed by atoms with Gasteiger partial charge in [0.1, 0.15) is 18.2 Å². The van der Waals surface area contributed by atoms with E-state index >= 15 is 0 Å². The van der Waals surface area contributed by atoms with Crippen molar-refractivity contribution >= 4 is 17.4 Å². The highest BCUT2D eigenvalue weighted by molar-refractivity contribution is 6.32. The molecule has 0 atom stereocenters. The van der Waals surface area contributed by atoms with Crippen LogP contribution >= 0.6 is 11.6 Å². The second-order valence-corrected chi connectivity index (χ2v) is 4.21. The molecule has 0 spiro atoms. The Kier molecular flexibility index (Phi) is 4.42. The highest BCUT2D eigenvalue weighted by atomic mass is 35.5. The van der Waals surface area contributed by atoms with Gasteiger partial charge in [0.25, 0.3) is 0 Å². The lowest BCUT2D eigenvalue weighted by molar-refractivity contribution is 0.306. The van der Waals surface area contributed by atoms with E-state index in [1.807, 2.05) is 43.3 Å². The number of pyridine rings is 1. The zero-order valence-corrected chi connectivity index (χ0v) is 10.9. The SMILES string of the molecule is CCNc1ccc(COc2ccccc2Cl)cn1. The monoisotopic (exact) mass is 262 g/mol. The minimum absolute atomic E-state index is 0.461. The Bertz CT molecular complexity index is 499. The molecular weight excluding hydrogens is 248 g/mol. The number of halogens is 1. The van der Waals surface area contributed by atoms with Crippen LogP contribution < -0.4 is 10.1 Å². The predicted molar refractivity (Wildman–Crippen MR) is 74.2 cm³/mol. The van der Waals surface area contributed by atoms with E-state index in [-0.39, 0.29) is 0 Å². The van der Waals surface area contributed by atoms with Crippen LogP contribution in [0.2, 0.25) is 5.02 Å². The van der Waals surface area contributed by atoms with Crippen molar-refractivity contribution in [3.8, 4) is 5.75 Å². The van der Waals surface area contributed by atoms with Gasteiger partial charge in [0, 0.05) is 18.3 Å². The molecule has 0 fully saturated rings. The van der Waals surface area contributed by atoms with Crippen molar-refractivity contribution in [1.82, 2.24) is 4.98 Å². The lowest BCUT2D eigenvalue weighted by Crippen LogP contribution is -2.01. The molecule has 0 bridgehead atoms. The van der Waals surface area contributed by atoms with Gasteiger partial charge in [0.05, 0.1) is 5.02 Å². The topological polar surface area (TPSA) is 34.1 Å². The Hall–Kier alpha value is -1.74. The largest absolute Gasteiger partial charge is 0.487 e. The van der Waals surface area contributed by atoms with Crippen LogP contribution in [0.15, 0.2) is 42.6 Å². The minimum atomic E-state index is 0.461. The maximum atomic E-state index is 6.01. The fraction of sp³-hybridized carbons (Fsp3) is 0.214. The first kappa shape index (κ1) is 12.7. The van der Waals surface area contributed by atoms with Crippen LogP contribution in [-0.2, 0) is 6.61 Å². The van der Waals surface area contributed by atoms with E-state index < -0.39 is 0 Å². The predicted octanol–water partition coefficient (Wildman–Crippen LogP) is 3.75. The Morgan fingerprint density at radius 2 is 2.06 bits per heavy atom. The summed E-state index contributed by atoms with van der Waals surface area (Å²) in [5.41, 5.74) is 1.01. The molecule has 1 aromatic carbocycles. The van der Waals surface area contributed by atoms with Gasteiger partial charge in [-0.3, -0.25) is 0 Å². The third kappa shape index (κ3) is 3.37. The molecule has 0 aliphatic carbocycles. The summed E-state index contributed by atoms with van der Waals surface area (Å²) in [7, 11) is 0. The number of hydrogen-bond donors (Lipinski definition) is 1. The van der Waals surface area contributed by atoms with Crippen LogP contribution in [0.25, 0.3) is 0 Å². The molecule has 3 nitrogen and oxygen atoms in total. The standard InChI is InChI=1S/C14H15ClN2O/c1-2-16-14-8-7-11(9-17-14)10-18-13-6-4-3-5-12(13)15/h3-9H,2,10H2,1H3,(H,16,17). The summed E-state index contributed by atoms with van der Waals surface area (Å²) in [5.74, 6) is 1.56. The number of rotatable bonds is 5. The van der Waals surface area contributed by atoms with Crippen molar-refractivity contribution in [2.24, 2.45) is 0 Å². The Balaban J connectivity index is 1.96. The first-order chi connectivity index (χ1) is 8.79. The molecule has 4 heteroatoms. The molecular formula is C14H15ClN2O. The second kappa shape index (κ2) is 6.26. The van der Waals surface area contributed by atoms with Crippen LogP contribution in [0.3, 0.4) is 0 Å². The van der Waals surface area contributed by atoms with E-state index in [0.717, 1.165) is 17.9 Å². The number of para-hydroxylation sites is 1. The summed E-state index contributed by atoms with van der Waals surface area (Å²) in [4.78, 5) is 4.28. The summed E-state index contributed by atoms with van der Waals surface area (Å²) in [5, 5.41) is 3.76. The van der Waals surface area contributed by atoms with Crippen LogP contribution in [0.4, 0.5) is 5.82 Å². The van der Waals surface area contributed by atoms with Crippen LogP contribution in [0, 0.1) is 0 Å². The Labute approximate surface area is 112 Å². The third-order valence-corrected chi connectivity index (χ3v) is 2.73. The van der Waals surface area contributed by atoms with Crippen LogP contribution in [0.1, 0.15) is 12.5 Å². The quantitative estimate of drug-likeness (QED) is 0.891. The number of ether oxygens (including phenoxy) is 1. The van der Waals surface area contributed by atoms with Gasteiger partial charge in [-0.2, -0.15) is 0 Å². The van der Waals surface area contributed by atoms with Crippen molar-refractivity contribution in [2.45, 2.75) is 13.5 Å². The summed E-state index contributed by atoms with van der Waals surface area (Å²) >= 11 is 6.01. The van der Waals surface area contributed by atoms with E-state index in [0.29, 0.717) is 17.4 Å². The van der Waals surface area contributed by atoms with Crippen molar-refractivity contribution in [3.63, 3.8) is 0 Å². The fourth-order valence-corrected chi connectivity index (χ4v) is 1.71. The van der Waals surface area contributed by atoms with E-state index in [2.05, 4.69) is 10.3 Å². The lowest BCUT2D eigenvalue weighted by Gasteiger charge is -2.08. The molecule has 0 unspecified atom stereocenters. The van der Waals surface area contributed by atoms with Gasteiger partial charge in [-0.15, -0.1) is 0 Å². The first-order valence-electron chi connectivity index (χ1n) is 5.85. The zero-order chi connectivity index (χ0) is 12.8. The maximum absolute atomic E-state index is 6.01. The second-order valence-electron chi connectivity index (χ2n) is 3.80. The van der Waals surface area contributed by atoms with Crippen molar-refractivity contribution in [2.75, 3.05) is 11.9 Å². The molecule has 1 heterocycles. The van der Waals surface area contributed by atoms with E-state index in [9.17, 15) is 0 Å². The van der Waals surface area contributed by atoms with Crippen LogP contribution in [0.5, 0.6) is 5.75 Å². The molecule has 0 aliphatic rings. The van der Waals surface area contributed by atoms with Gasteiger partial charge in [-0.05, 0) is 25.1 Å². The average Bonchev–Trinajstić information content (AvgIpc) is 2.40. The van der Waals surface area contributed by atoms with Gasteiger partial charge in [0.15, 0.2) is 0 Å². The number of nitrogens with zero attached hydrogens (tertiary/aromatic N) is 1. The number of nitrogens with one attached hydrogen (secondary N) is 1. The van der Waals surface area contributed by atoms with Gasteiger partial charge in [0.2, 0.25) is 0 Å².